The molecule has 4 aromatic rings. The predicted molar refractivity (Wildman–Crippen MR) is 160 cm³/mol. The Hall–Kier alpha value is -5.13. The Labute approximate surface area is 258 Å². The van der Waals surface area contributed by atoms with Crippen molar-refractivity contribution in [3.63, 3.8) is 0 Å². The standard InChI is InChI=1S/C33H32FN5O6/c1-17-21-8-9-25(23(21)7-6-22(17)32(43)45-33(2,3)4)38-31(42)27-13-26(37-29-24(34)15-36-39(27)29)30(41)35-14-18-5-10-28-19(11-18)12-20(40)16-44-28/h5-7,10-11,13,15,25H,8-9,12,14,16H2,1-4H3,(H,35,41)(H,38,42)/t25-/m0/s1. The van der Waals surface area contributed by atoms with E-state index in [4.69, 9.17) is 9.47 Å². The minimum absolute atomic E-state index is 0.0309. The first-order valence-corrected chi connectivity index (χ1v) is 14.6. The first-order chi connectivity index (χ1) is 21.4. The Morgan fingerprint density at radius 3 is 2.71 bits per heavy atom. The van der Waals surface area contributed by atoms with Crippen LogP contribution in [0.3, 0.4) is 0 Å². The monoisotopic (exact) mass is 613 g/mol. The molecular formula is C33H32FN5O6. The Kier molecular flexibility index (Phi) is 7.59. The number of hydrogen-bond acceptors (Lipinski definition) is 8. The highest BCUT2D eigenvalue weighted by atomic mass is 19.1. The molecule has 12 heteroatoms. The van der Waals surface area contributed by atoms with Crippen LogP contribution in [-0.4, -0.2) is 50.4 Å². The number of halogens is 1. The normalized spacial score (nSPS) is 15.7. The second-order valence-electron chi connectivity index (χ2n) is 12.3. The lowest BCUT2D eigenvalue weighted by Crippen LogP contribution is -2.31. The van der Waals surface area contributed by atoms with E-state index >= 15 is 0 Å². The van der Waals surface area contributed by atoms with Gasteiger partial charge in [-0.05, 0) is 81.0 Å². The minimum Gasteiger partial charge on any atom is -0.486 e. The zero-order valence-corrected chi connectivity index (χ0v) is 25.3. The number of ether oxygens (including phenoxy) is 2. The number of carbonyl (C=O) groups is 4. The first-order valence-electron chi connectivity index (χ1n) is 14.6. The number of aromatic nitrogens is 3. The van der Waals surface area contributed by atoms with Crippen LogP contribution in [0.2, 0.25) is 0 Å². The molecule has 2 N–H and O–H groups in total. The SMILES string of the molecule is Cc1c(C(=O)OC(C)(C)C)ccc2c1CC[C@@H]2NC(=O)c1cc(C(=O)NCc2ccc3c(c2)CC(=O)CO3)nc2c(F)cnn12. The predicted octanol–water partition coefficient (Wildman–Crippen LogP) is 3.98. The zero-order chi connectivity index (χ0) is 32.0. The lowest BCUT2D eigenvalue weighted by Gasteiger charge is -2.21. The van der Waals surface area contributed by atoms with Gasteiger partial charge in [0.1, 0.15) is 29.3 Å². The van der Waals surface area contributed by atoms with E-state index in [0.717, 1.165) is 38.5 Å². The summed E-state index contributed by atoms with van der Waals surface area (Å²) in [4.78, 5) is 55.4. The van der Waals surface area contributed by atoms with Crippen molar-refractivity contribution >= 4 is 29.2 Å². The number of amides is 2. The summed E-state index contributed by atoms with van der Waals surface area (Å²) in [6.45, 7) is 7.45. The molecule has 0 unspecified atom stereocenters. The molecule has 6 rings (SSSR count). The summed E-state index contributed by atoms with van der Waals surface area (Å²) in [5, 5.41) is 9.70. The molecule has 45 heavy (non-hydrogen) atoms. The lowest BCUT2D eigenvalue weighted by molar-refractivity contribution is -0.121. The molecule has 2 aromatic heterocycles. The van der Waals surface area contributed by atoms with Crippen molar-refractivity contribution in [2.24, 2.45) is 0 Å². The number of nitrogens with one attached hydrogen (secondary N) is 2. The van der Waals surface area contributed by atoms with E-state index in [2.05, 4.69) is 20.7 Å². The van der Waals surface area contributed by atoms with Crippen molar-refractivity contribution in [3.05, 3.63) is 93.2 Å². The maximum Gasteiger partial charge on any atom is 0.338 e. The second kappa shape index (κ2) is 11.4. The smallest absolute Gasteiger partial charge is 0.338 e. The van der Waals surface area contributed by atoms with E-state index in [0.29, 0.717) is 24.2 Å². The summed E-state index contributed by atoms with van der Waals surface area (Å²) in [5.74, 6) is -1.77. The fourth-order valence-corrected chi connectivity index (χ4v) is 5.75. The van der Waals surface area contributed by atoms with E-state index in [1.165, 1.54) is 6.07 Å². The third-order valence-electron chi connectivity index (χ3n) is 7.87. The van der Waals surface area contributed by atoms with Crippen molar-refractivity contribution < 1.29 is 33.0 Å². The quantitative estimate of drug-likeness (QED) is 0.311. The number of nitrogens with zero attached hydrogens (tertiary/aromatic N) is 3. The number of hydrogen-bond donors (Lipinski definition) is 2. The number of benzene rings is 2. The number of ketones is 1. The zero-order valence-electron chi connectivity index (χ0n) is 25.3. The number of esters is 1. The molecule has 2 aliphatic rings. The molecule has 11 nitrogen and oxygen atoms in total. The molecule has 0 saturated carbocycles. The lowest BCUT2D eigenvalue weighted by atomic mass is 9.97. The third-order valence-corrected chi connectivity index (χ3v) is 7.87. The van der Waals surface area contributed by atoms with Crippen molar-refractivity contribution in [2.45, 2.75) is 65.1 Å². The summed E-state index contributed by atoms with van der Waals surface area (Å²) in [6.07, 6.45) is 2.42. The summed E-state index contributed by atoms with van der Waals surface area (Å²) >= 11 is 0. The average Bonchev–Trinajstić information content (AvgIpc) is 3.57. The molecule has 232 valence electrons. The van der Waals surface area contributed by atoms with Crippen LogP contribution in [0.1, 0.15) is 92.4 Å². The fourth-order valence-electron chi connectivity index (χ4n) is 5.75. The average molecular weight is 614 g/mol. The van der Waals surface area contributed by atoms with Crippen molar-refractivity contribution in [1.29, 1.82) is 0 Å². The summed E-state index contributed by atoms with van der Waals surface area (Å²) in [7, 11) is 0. The topological polar surface area (TPSA) is 141 Å². The summed E-state index contributed by atoms with van der Waals surface area (Å²) in [6, 6.07) is 9.73. The Morgan fingerprint density at radius 1 is 1.13 bits per heavy atom. The molecule has 2 aromatic carbocycles. The molecule has 1 aliphatic carbocycles. The van der Waals surface area contributed by atoms with Crippen LogP contribution in [-0.2, 0) is 28.9 Å². The molecular weight excluding hydrogens is 581 g/mol. The van der Waals surface area contributed by atoms with Gasteiger partial charge >= 0.3 is 5.97 Å². The van der Waals surface area contributed by atoms with Crippen LogP contribution in [0.15, 0.2) is 42.6 Å². The van der Waals surface area contributed by atoms with Gasteiger partial charge in [-0.3, -0.25) is 14.4 Å². The van der Waals surface area contributed by atoms with Crippen molar-refractivity contribution in [2.75, 3.05) is 6.61 Å². The van der Waals surface area contributed by atoms with E-state index in [1.807, 2.05) is 33.8 Å². The molecule has 0 saturated heterocycles. The Bertz CT molecular complexity index is 1890. The molecule has 1 atom stereocenters. The highest BCUT2D eigenvalue weighted by molar-refractivity contribution is 5.98. The maximum atomic E-state index is 14.6. The van der Waals surface area contributed by atoms with E-state index in [-0.39, 0.29) is 48.4 Å². The molecule has 1 aliphatic heterocycles. The largest absolute Gasteiger partial charge is 0.486 e. The highest BCUT2D eigenvalue weighted by Gasteiger charge is 2.30. The molecule has 3 heterocycles. The van der Waals surface area contributed by atoms with E-state index < -0.39 is 29.2 Å². The van der Waals surface area contributed by atoms with Crippen LogP contribution in [0.4, 0.5) is 4.39 Å². The van der Waals surface area contributed by atoms with Crippen LogP contribution in [0.25, 0.3) is 5.65 Å². The summed E-state index contributed by atoms with van der Waals surface area (Å²) < 4.78 is 26.7. The maximum absolute atomic E-state index is 14.6. The number of fused-ring (bicyclic) bond motifs is 3. The number of carbonyl (C=O) groups excluding carboxylic acids is 4. The number of Topliss-reactive ketones (excluding diaryl/α,β-unsaturated/α-hetero) is 1. The van der Waals surface area contributed by atoms with Gasteiger partial charge in [0.2, 0.25) is 0 Å². The van der Waals surface area contributed by atoms with Crippen LogP contribution < -0.4 is 15.4 Å². The Morgan fingerprint density at radius 2 is 1.93 bits per heavy atom. The molecule has 0 radical (unpaired) electrons. The van der Waals surface area contributed by atoms with Crippen LogP contribution >= 0.6 is 0 Å². The van der Waals surface area contributed by atoms with Gasteiger partial charge in [0.15, 0.2) is 17.2 Å². The van der Waals surface area contributed by atoms with Gasteiger partial charge in [-0.1, -0.05) is 12.1 Å². The van der Waals surface area contributed by atoms with Gasteiger partial charge in [0.25, 0.3) is 11.8 Å². The highest BCUT2D eigenvalue weighted by Crippen LogP contribution is 2.35. The molecule has 0 spiro atoms. The molecule has 0 bridgehead atoms. The third kappa shape index (κ3) is 6.00. The number of rotatable bonds is 6. The minimum atomic E-state index is -0.783. The Balaban J connectivity index is 1.21. The van der Waals surface area contributed by atoms with Crippen molar-refractivity contribution in [1.82, 2.24) is 25.2 Å². The molecule has 0 fully saturated rings. The van der Waals surface area contributed by atoms with E-state index in [9.17, 15) is 23.6 Å². The van der Waals surface area contributed by atoms with Crippen LogP contribution in [0.5, 0.6) is 5.75 Å². The van der Waals surface area contributed by atoms with Crippen molar-refractivity contribution in [3.8, 4) is 5.75 Å². The van der Waals surface area contributed by atoms with Gasteiger partial charge in [-0.2, -0.15) is 5.10 Å². The fraction of sp³-hybridized carbons (Fsp3) is 0.333. The van der Waals surface area contributed by atoms with Gasteiger partial charge < -0.3 is 20.1 Å². The van der Waals surface area contributed by atoms with E-state index in [1.54, 1.807) is 24.3 Å². The molecule has 2 amide bonds. The van der Waals surface area contributed by atoms with Gasteiger partial charge in [-0.25, -0.2) is 18.7 Å². The summed E-state index contributed by atoms with van der Waals surface area (Å²) in [5.41, 5.74) is 3.48. The van der Waals surface area contributed by atoms with Gasteiger partial charge in [0.05, 0.1) is 17.8 Å². The van der Waals surface area contributed by atoms with Crippen LogP contribution in [0, 0.1) is 12.7 Å². The first kappa shape index (κ1) is 29.9. The van der Waals surface area contributed by atoms with Gasteiger partial charge in [-0.15, -0.1) is 0 Å². The second-order valence-corrected chi connectivity index (χ2v) is 12.3. The van der Waals surface area contributed by atoms with Gasteiger partial charge in [0, 0.05) is 24.6 Å².